The van der Waals surface area contributed by atoms with E-state index in [1.165, 1.54) is 30.3 Å². The molecule has 2 N–H and O–H groups in total. The van der Waals surface area contributed by atoms with E-state index in [0.29, 0.717) is 0 Å². The number of rotatable bonds is 7. The van der Waals surface area contributed by atoms with Crippen molar-refractivity contribution >= 4 is 27.3 Å². The lowest BCUT2D eigenvalue weighted by Gasteiger charge is -2.13. The summed E-state index contributed by atoms with van der Waals surface area (Å²) in [5.74, 6) is -0.480. The third kappa shape index (κ3) is 4.93. The Morgan fingerprint density at radius 3 is 2.59 bits per heavy atom. The van der Waals surface area contributed by atoms with Crippen molar-refractivity contribution in [3.63, 3.8) is 0 Å². The lowest BCUT2D eigenvalue weighted by Crippen LogP contribution is -2.25. The molecule has 9 nitrogen and oxygen atoms in total. The number of nitrogens with zero attached hydrogens (tertiary/aromatic N) is 2. The van der Waals surface area contributed by atoms with Crippen LogP contribution < -0.4 is 10.0 Å². The van der Waals surface area contributed by atoms with Gasteiger partial charge in [0.15, 0.2) is 0 Å². The van der Waals surface area contributed by atoms with E-state index in [1.807, 2.05) is 0 Å². The number of nitro benzene ring substituents is 1. The Labute approximate surface area is 166 Å². The highest BCUT2D eigenvalue weighted by molar-refractivity contribution is 7.92. The first-order valence-electron chi connectivity index (χ1n) is 8.40. The van der Waals surface area contributed by atoms with Crippen LogP contribution in [0.5, 0.6) is 0 Å². The van der Waals surface area contributed by atoms with Gasteiger partial charge in [0.25, 0.3) is 21.6 Å². The van der Waals surface area contributed by atoms with Crippen molar-refractivity contribution in [1.82, 2.24) is 10.3 Å². The van der Waals surface area contributed by atoms with Gasteiger partial charge in [0, 0.05) is 31.1 Å². The fourth-order valence-electron chi connectivity index (χ4n) is 2.52. The zero-order valence-corrected chi connectivity index (χ0v) is 15.8. The zero-order valence-electron chi connectivity index (χ0n) is 15.0. The number of aromatic nitrogens is 1. The number of hydrogen-bond donors (Lipinski definition) is 2. The van der Waals surface area contributed by atoms with E-state index in [0.717, 1.165) is 11.6 Å². The van der Waals surface area contributed by atoms with Crippen LogP contribution in [-0.4, -0.2) is 24.2 Å². The number of para-hydroxylation sites is 1. The molecule has 2 aromatic carbocycles. The van der Waals surface area contributed by atoms with E-state index in [4.69, 9.17) is 0 Å². The molecule has 0 saturated heterocycles. The summed E-state index contributed by atoms with van der Waals surface area (Å²) in [7, 11) is -4.14. The minimum atomic E-state index is -4.14. The van der Waals surface area contributed by atoms with E-state index in [-0.39, 0.29) is 28.4 Å². The summed E-state index contributed by atoms with van der Waals surface area (Å²) < 4.78 is 27.6. The quantitative estimate of drug-likeness (QED) is 0.453. The Bertz CT molecular complexity index is 1150. The van der Waals surface area contributed by atoms with Gasteiger partial charge >= 0.3 is 0 Å². The molecule has 1 aromatic heterocycles. The second-order valence-electron chi connectivity index (χ2n) is 5.95. The minimum absolute atomic E-state index is 0.0580. The van der Waals surface area contributed by atoms with E-state index in [1.54, 1.807) is 36.7 Å². The molecule has 0 atom stereocenters. The number of benzene rings is 2. The summed E-state index contributed by atoms with van der Waals surface area (Å²) in [4.78, 5) is 26.5. The standard InChI is InChI=1S/C19H16N4O5S/c24-19(21-13-14-5-4-10-20-12-14)17-8-1-2-9-18(17)22-29(27,28)16-7-3-6-15(11-16)23(25)26/h1-12,22H,13H2,(H,21,24). The molecule has 0 spiro atoms. The molecule has 0 aliphatic heterocycles. The number of carbonyl (C=O) groups is 1. The predicted molar refractivity (Wildman–Crippen MR) is 106 cm³/mol. The maximum absolute atomic E-state index is 12.7. The van der Waals surface area contributed by atoms with E-state index < -0.39 is 20.9 Å². The molecule has 0 saturated carbocycles. The SMILES string of the molecule is O=C(NCc1cccnc1)c1ccccc1NS(=O)(=O)c1cccc([N+](=O)[O-])c1. The molecule has 10 heteroatoms. The number of carbonyl (C=O) groups excluding carboxylic acids is 1. The third-order valence-electron chi connectivity index (χ3n) is 3.93. The van der Waals surface area contributed by atoms with Crippen molar-refractivity contribution in [2.45, 2.75) is 11.4 Å². The van der Waals surface area contributed by atoms with Crippen molar-refractivity contribution < 1.29 is 18.1 Å². The molecule has 29 heavy (non-hydrogen) atoms. The first-order chi connectivity index (χ1) is 13.9. The van der Waals surface area contributed by atoms with Crippen LogP contribution in [0.4, 0.5) is 11.4 Å². The maximum atomic E-state index is 12.7. The van der Waals surface area contributed by atoms with E-state index in [2.05, 4.69) is 15.0 Å². The van der Waals surface area contributed by atoms with Gasteiger partial charge in [-0.1, -0.05) is 24.3 Å². The number of non-ortho nitro benzene ring substituents is 1. The fraction of sp³-hybridized carbons (Fsp3) is 0.0526. The average molecular weight is 412 g/mol. The summed E-state index contributed by atoms with van der Waals surface area (Å²) in [5.41, 5.74) is 0.610. The second kappa shape index (κ2) is 8.48. The van der Waals surface area contributed by atoms with E-state index in [9.17, 15) is 23.3 Å². The molecular formula is C19H16N4O5S. The number of pyridine rings is 1. The Kier molecular flexibility index (Phi) is 5.84. The van der Waals surface area contributed by atoms with Crippen molar-refractivity contribution in [2.75, 3.05) is 4.72 Å². The largest absolute Gasteiger partial charge is 0.348 e. The molecule has 0 bridgehead atoms. The van der Waals surface area contributed by atoms with Crippen molar-refractivity contribution in [3.8, 4) is 0 Å². The van der Waals surface area contributed by atoms with Crippen LogP contribution >= 0.6 is 0 Å². The maximum Gasteiger partial charge on any atom is 0.270 e. The summed E-state index contributed by atoms with van der Waals surface area (Å²) in [6.45, 7) is 0.221. The monoisotopic (exact) mass is 412 g/mol. The van der Waals surface area contributed by atoms with Crippen molar-refractivity contribution in [3.05, 3.63) is 94.3 Å². The summed E-state index contributed by atoms with van der Waals surface area (Å²) in [5, 5.41) is 13.6. The van der Waals surface area contributed by atoms with Gasteiger partial charge in [-0.15, -0.1) is 0 Å². The summed E-state index contributed by atoms with van der Waals surface area (Å²) in [6.07, 6.45) is 3.22. The number of nitrogens with one attached hydrogen (secondary N) is 2. The number of nitro groups is 1. The molecule has 1 heterocycles. The lowest BCUT2D eigenvalue weighted by atomic mass is 10.1. The van der Waals surface area contributed by atoms with Crippen molar-refractivity contribution in [1.29, 1.82) is 0 Å². The molecule has 0 radical (unpaired) electrons. The van der Waals surface area contributed by atoms with Gasteiger partial charge in [-0.25, -0.2) is 8.42 Å². The van der Waals surface area contributed by atoms with Crippen LogP contribution in [0, 0.1) is 10.1 Å². The predicted octanol–water partition coefficient (Wildman–Crippen LogP) is 2.72. The Morgan fingerprint density at radius 2 is 1.86 bits per heavy atom. The smallest absolute Gasteiger partial charge is 0.270 e. The van der Waals surface area contributed by atoms with Gasteiger partial charge in [-0.2, -0.15) is 0 Å². The van der Waals surface area contributed by atoms with Crippen LogP contribution in [0.25, 0.3) is 0 Å². The summed E-state index contributed by atoms with van der Waals surface area (Å²) in [6, 6.07) is 14.3. The summed E-state index contributed by atoms with van der Waals surface area (Å²) >= 11 is 0. The molecule has 3 rings (SSSR count). The Balaban J connectivity index is 1.82. The Morgan fingerprint density at radius 1 is 1.07 bits per heavy atom. The molecule has 148 valence electrons. The normalized spacial score (nSPS) is 10.9. The van der Waals surface area contributed by atoms with Gasteiger partial charge in [0.05, 0.1) is 21.1 Å². The number of amides is 1. The van der Waals surface area contributed by atoms with Gasteiger partial charge in [-0.05, 0) is 29.8 Å². The molecule has 3 aromatic rings. The van der Waals surface area contributed by atoms with Gasteiger partial charge in [0.2, 0.25) is 0 Å². The topological polar surface area (TPSA) is 131 Å². The molecule has 0 aliphatic rings. The highest BCUT2D eigenvalue weighted by atomic mass is 32.2. The zero-order chi connectivity index (χ0) is 20.9. The van der Waals surface area contributed by atoms with Gasteiger partial charge < -0.3 is 5.32 Å². The van der Waals surface area contributed by atoms with Crippen LogP contribution in [0.3, 0.4) is 0 Å². The number of hydrogen-bond acceptors (Lipinski definition) is 6. The highest BCUT2D eigenvalue weighted by Gasteiger charge is 2.20. The van der Waals surface area contributed by atoms with Crippen LogP contribution in [-0.2, 0) is 16.6 Å². The minimum Gasteiger partial charge on any atom is -0.348 e. The molecule has 0 unspecified atom stereocenters. The van der Waals surface area contributed by atoms with Gasteiger partial charge in [0.1, 0.15) is 0 Å². The van der Waals surface area contributed by atoms with Crippen LogP contribution in [0.1, 0.15) is 15.9 Å². The van der Waals surface area contributed by atoms with Crippen LogP contribution in [0.2, 0.25) is 0 Å². The van der Waals surface area contributed by atoms with Crippen molar-refractivity contribution in [2.24, 2.45) is 0 Å². The number of anilines is 1. The Hall–Kier alpha value is -3.79. The first kappa shape index (κ1) is 20.0. The first-order valence-corrected chi connectivity index (χ1v) is 9.88. The molecular weight excluding hydrogens is 396 g/mol. The number of sulfonamides is 1. The average Bonchev–Trinajstić information content (AvgIpc) is 2.73. The van der Waals surface area contributed by atoms with Gasteiger partial charge in [-0.3, -0.25) is 24.6 Å². The molecule has 0 fully saturated rings. The fourth-order valence-corrected chi connectivity index (χ4v) is 3.64. The molecule has 0 aliphatic carbocycles. The highest BCUT2D eigenvalue weighted by Crippen LogP contribution is 2.22. The lowest BCUT2D eigenvalue weighted by molar-refractivity contribution is -0.385. The molecule has 1 amide bonds. The second-order valence-corrected chi connectivity index (χ2v) is 7.63. The van der Waals surface area contributed by atoms with E-state index >= 15 is 0 Å². The third-order valence-corrected chi connectivity index (χ3v) is 5.29. The van der Waals surface area contributed by atoms with Crippen LogP contribution in [0.15, 0.2) is 78.0 Å².